The van der Waals surface area contributed by atoms with Gasteiger partial charge in [0, 0.05) is 29.7 Å². The molecular weight excluding hydrogens is 470 g/mol. The Balaban J connectivity index is 0.00000100. The lowest BCUT2D eigenvalue weighted by Gasteiger charge is -2.17. The van der Waals surface area contributed by atoms with Crippen molar-refractivity contribution in [3.63, 3.8) is 0 Å². The molecule has 1 heterocycles. The number of aromatic hydroxyl groups is 1. The molecule has 0 unspecified atom stereocenters. The Hall–Kier alpha value is -4.06. The minimum atomic E-state index is -4.65. The number of carbonyl (C=O) groups excluding carboxylic acids is 2. The van der Waals surface area contributed by atoms with Gasteiger partial charge in [0.25, 0.3) is 5.91 Å². The Morgan fingerprint density at radius 3 is 2.20 bits per heavy atom. The van der Waals surface area contributed by atoms with Crippen LogP contribution in [0, 0.1) is 0 Å². The van der Waals surface area contributed by atoms with E-state index in [9.17, 15) is 33.0 Å². The van der Waals surface area contributed by atoms with Gasteiger partial charge in [0.05, 0.1) is 0 Å². The zero-order valence-corrected chi connectivity index (χ0v) is 18.6. The molecule has 0 spiro atoms. The maximum atomic E-state index is 13.5. The van der Waals surface area contributed by atoms with Gasteiger partial charge in [0.1, 0.15) is 17.5 Å². The molecule has 35 heavy (non-hydrogen) atoms. The van der Waals surface area contributed by atoms with Gasteiger partial charge < -0.3 is 36.1 Å². The Kier molecular flexibility index (Phi) is 8.84. The van der Waals surface area contributed by atoms with Crippen molar-refractivity contribution in [1.29, 1.82) is 0 Å². The summed E-state index contributed by atoms with van der Waals surface area (Å²) in [6.07, 6.45) is -5.03. The van der Waals surface area contributed by atoms with Gasteiger partial charge in [0.2, 0.25) is 0 Å². The zero-order chi connectivity index (χ0) is 26.3. The highest BCUT2D eigenvalue weighted by atomic mass is 19.3. The number of aliphatic carboxylic acids is 2. The number of hydrogen-bond donors (Lipinski definition) is 5. The average Bonchev–Trinajstić information content (AvgIpc) is 3.13. The number of carboxylic acids is 2. The second-order valence-corrected chi connectivity index (χ2v) is 7.68. The van der Waals surface area contributed by atoms with E-state index in [0.717, 1.165) is 6.92 Å². The van der Waals surface area contributed by atoms with E-state index in [0.29, 0.717) is 10.9 Å². The number of phenols is 1. The number of aromatic nitrogens is 1. The highest BCUT2D eigenvalue weighted by Crippen LogP contribution is 2.35. The van der Waals surface area contributed by atoms with Crippen LogP contribution in [0.25, 0.3) is 10.9 Å². The molecule has 2 aromatic carbocycles. The number of para-hydroxylation sites is 1. The van der Waals surface area contributed by atoms with Crippen LogP contribution in [0.1, 0.15) is 23.7 Å². The maximum Gasteiger partial charge on any atom is 0.431 e. The molecule has 0 radical (unpaired) electrons. The van der Waals surface area contributed by atoms with Gasteiger partial charge in [-0.25, -0.2) is 4.79 Å². The predicted octanol–water partition coefficient (Wildman–Crippen LogP) is 0.614. The van der Waals surface area contributed by atoms with Gasteiger partial charge in [-0.05, 0) is 36.2 Å². The Morgan fingerprint density at radius 1 is 1.09 bits per heavy atom. The molecule has 0 aliphatic carbocycles. The zero-order valence-electron chi connectivity index (χ0n) is 18.6. The fourth-order valence-electron chi connectivity index (χ4n) is 3.35. The van der Waals surface area contributed by atoms with Gasteiger partial charge >= 0.3 is 12.1 Å². The van der Waals surface area contributed by atoms with Crippen molar-refractivity contribution in [2.24, 2.45) is 0 Å². The van der Waals surface area contributed by atoms with Crippen LogP contribution in [0.5, 0.6) is 5.75 Å². The predicted molar refractivity (Wildman–Crippen MR) is 116 cm³/mol. The highest BCUT2D eigenvalue weighted by Gasteiger charge is 2.38. The molecule has 3 aromatic rings. The largest absolute Gasteiger partial charge is 0.550 e. The van der Waals surface area contributed by atoms with Crippen LogP contribution in [-0.4, -0.2) is 45.1 Å². The van der Waals surface area contributed by atoms with Crippen LogP contribution in [0.4, 0.5) is 13.2 Å². The molecule has 0 saturated heterocycles. The van der Waals surface area contributed by atoms with E-state index in [1.165, 1.54) is 36.4 Å². The van der Waals surface area contributed by atoms with Gasteiger partial charge in [-0.1, -0.05) is 30.3 Å². The van der Waals surface area contributed by atoms with Crippen LogP contribution in [-0.2, 0) is 33.4 Å². The lowest BCUT2D eigenvalue weighted by atomic mass is 10.0. The van der Waals surface area contributed by atoms with Crippen molar-refractivity contribution in [2.45, 2.75) is 38.0 Å². The van der Waals surface area contributed by atoms with Crippen molar-refractivity contribution in [3.05, 3.63) is 65.4 Å². The second kappa shape index (κ2) is 11.4. The first kappa shape index (κ1) is 27.2. The number of phenolic OH excluding ortho intramolecular Hbond substituents is 1. The minimum absolute atomic E-state index is 0.0108. The van der Waals surface area contributed by atoms with E-state index in [2.05, 4.69) is 16.0 Å². The number of benzene rings is 2. The third kappa shape index (κ3) is 7.74. The molecule has 188 valence electrons. The lowest BCUT2D eigenvalue weighted by Crippen LogP contribution is -2.69. The monoisotopic (exact) mass is 494 g/mol. The van der Waals surface area contributed by atoms with Crippen molar-refractivity contribution in [3.8, 4) is 5.75 Å². The second-order valence-electron chi connectivity index (χ2n) is 7.68. The topological polar surface area (TPSA) is 170 Å². The van der Waals surface area contributed by atoms with Crippen molar-refractivity contribution in [2.75, 3.05) is 0 Å². The summed E-state index contributed by atoms with van der Waals surface area (Å²) in [6, 6.07) is 9.56. The number of fused-ring (bicyclic) bond motifs is 1. The minimum Gasteiger partial charge on any atom is -0.550 e. The molecule has 0 saturated carbocycles. The van der Waals surface area contributed by atoms with E-state index in [4.69, 9.17) is 9.90 Å². The third-order valence-corrected chi connectivity index (χ3v) is 4.91. The first-order chi connectivity index (χ1) is 16.3. The van der Waals surface area contributed by atoms with Gasteiger partial charge in [-0.2, -0.15) is 13.2 Å². The molecule has 7 N–H and O–H groups in total. The molecule has 12 heteroatoms. The van der Waals surface area contributed by atoms with Gasteiger partial charge in [-0.3, -0.25) is 4.79 Å². The molecule has 1 aromatic heterocycles. The fourth-order valence-corrected chi connectivity index (χ4v) is 3.35. The molecule has 3 rings (SSSR count). The number of alkyl halides is 3. The molecule has 9 nitrogen and oxygen atoms in total. The van der Waals surface area contributed by atoms with E-state index < -0.39 is 41.8 Å². The molecule has 0 aliphatic heterocycles. The number of carboxylic acid groups (broad SMARTS) is 2. The molecule has 0 bridgehead atoms. The smallest absolute Gasteiger partial charge is 0.431 e. The van der Waals surface area contributed by atoms with E-state index in [1.807, 2.05) is 0 Å². The first-order valence-corrected chi connectivity index (χ1v) is 10.3. The van der Waals surface area contributed by atoms with Gasteiger partial charge in [-0.15, -0.1) is 0 Å². The van der Waals surface area contributed by atoms with Crippen molar-refractivity contribution in [1.82, 2.24) is 10.3 Å². The summed E-state index contributed by atoms with van der Waals surface area (Å²) in [7, 11) is 0. The average molecular weight is 494 g/mol. The number of nitrogens with one attached hydrogen (secondary N) is 2. The summed E-state index contributed by atoms with van der Waals surface area (Å²) >= 11 is 0. The summed E-state index contributed by atoms with van der Waals surface area (Å²) in [6.45, 7) is 0.972. The number of halogens is 3. The first-order valence-electron chi connectivity index (χ1n) is 10.3. The third-order valence-electron chi connectivity index (χ3n) is 4.91. The standard InChI is InChI=1S/C21H20F3N3O4.C2H4O2/c22-21(23,24)18-14(13-3-1-2-4-16(13)26-18)10-15(25)19(29)27-17(20(30)31)9-11-5-7-12(28)8-6-11;1-2(3)4/h1-8,15,17,26,28H,9-10,25H2,(H,27,29)(H,30,31);1H3,(H,3,4)/t15-,17-;/m0./s1/i22-1;. The highest BCUT2D eigenvalue weighted by molar-refractivity contribution is 5.88. The van der Waals surface area contributed by atoms with Crippen molar-refractivity contribution < 1.29 is 48.6 Å². The number of H-pyrrole nitrogens is 1. The quantitative estimate of drug-likeness (QED) is 0.322. The normalized spacial score (nSPS) is 12.8. The molecule has 1 amide bonds. The van der Waals surface area contributed by atoms with Crippen LogP contribution in [0.3, 0.4) is 0 Å². The van der Waals surface area contributed by atoms with Crippen molar-refractivity contribution >= 4 is 28.7 Å². The number of hydrogen-bond acceptors (Lipinski definition) is 5. The summed E-state index contributed by atoms with van der Waals surface area (Å²) in [5.74, 6) is -3.14. The van der Waals surface area contributed by atoms with E-state index >= 15 is 0 Å². The fraction of sp³-hybridized carbons (Fsp3) is 0.261. The Bertz CT molecular complexity index is 1190. The Labute approximate surface area is 197 Å². The number of amides is 1. The number of quaternary nitrogens is 1. The molecule has 2 atom stereocenters. The summed E-state index contributed by atoms with van der Waals surface area (Å²) in [5, 5.41) is 30.3. The summed E-state index contributed by atoms with van der Waals surface area (Å²) in [4.78, 5) is 35.4. The maximum absolute atomic E-state index is 13.5. The van der Waals surface area contributed by atoms with Crippen LogP contribution >= 0.6 is 0 Å². The van der Waals surface area contributed by atoms with Crippen LogP contribution in [0.2, 0.25) is 0 Å². The SMILES string of the molecule is CC(=O)[O-].[NH3+][C@@H](Cc1c(C(F)(F)[18F])[nH]c2ccccc12)C(=O)N[C@@H](Cc1ccc(O)cc1)C(=O)O. The summed E-state index contributed by atoms with van der Waals surface area (Å²) in [5.41, 5.74) is 3.45. The van der Waals surface area contributed by atoms with Crippen LogP contribution in [0.15, 0.2) is 48.5 Å². The van der Waals surface area contributed by atoms with Gasteiger partial charge in [0.15, 0.2) is 6.04 Å². The van der Waals surface area contributed by atoms with Crippen LogP contribution < -0.4 is 16.2 Å². The number of aromatic amines is 1. The molecule has 0 fully saturated rings. The van der Waals surface area contributed by atoms with E-state index in [-0.39, 0.29) is 29.7 Å². The number of rotatable bonds is 7. The lowest BCUT2D eigenvalue weighted by molar-refractivity contribution is -0.403. The molecule has 0 aliphatic rings. The number of carbonyl (C=O) groups is 3. The summed E-state index contributed by atoms with van der Waals surface area (Å²) < 4.78 is 40.4. The van der Waals surface area contributed by atoms with E-state index in [1.54, 1.807) is 12.1 Å². The Morgan fingerprint density at radius 2 is 1.66 bits per heavy atom. The molecular formula is C23H24F3N3O6.